The second-order valence-corrected chi connectivity index (χ2v) is 4.91. The summed E-state index contributed by atoms with van der Waals surface area (Å²) >= 11 is 0. The van der Waals surface area contributed by atoms with Gasteiger partial charge < -0.3 is 5.11 Å². The Balaban J connectivity index is 2.33. The van der Waals surface area contributed by atoms with Gasteiger partial charge in [-0.25, -0.2) is 0 Å². The summed E-state index contributed by atoms with van der Waals surface area (Å²) in [6.45, 7) is 6.05. The molecule has 1 fully saturated rings. The number of hydrogen-bond donors (Lipinski definition) is 1. The summed E-state index contributed by atoms with van der Waals surface area (Å²) in [4.78, 5) is 0. The molecule has 0 aromatic heterocycles. The molecule has 0 radical (unpaired) electrons. The molecule has 0 amide bonds. The molecule has 1 nitrogen and oxygen atoms in total. The van der Waals surface area contributed by atoms with Gasteiger partial charge in [-0.3, -0.25) is 0 Å². The first-order chi connectivity index (χ1) is 7.68. The topological polar surface area (TPSA) is 20.2 Å². The van der Waals surface area contributed by atoms with Crippen LogP contribution in [0.4, 0.5) is 0 Å². The van der Waals surface area contributed by atoms with Crippen molar-refractivity contribution in [3.05, 3.63) is 48.6 Å². The van der Waals surface area contributed by atoms with Gasteiger partial charge >= 0.3 is 0 Å². The fraction of sp³-hybridized carbons (Fsp3) is 0.467. The molecule has 0 saturated heterocycles. The van der Waals surface area contributed by atoms with Crippen molar-refractivity contribution in [1.82, 2.24) is 0 Å². The predicted molar refractivity (Wildman–Crippen MR) is 67.3 cm³/mol. The van der Waals surface area contributed by atoms with Gasteiger partial charge in [0.05, 0.1) is 5.60 Å². The average Bonchev–Trinajstić information content (AvgIpc) is 2.62. The van der Waals surface area contributed by atoms with E-state index in [1.807, 2.05) is 24.3 Å². The third-order valence-electron chi connectivity index (χ3n) is 4.00. The predicted octanol–water partition coefficient (Wildman–Crippen LogP) is 3.51. The van der Waals surface area contributed by atoms with E-state index in [1.165, 1.54) is 5.56 Å². The molecular formula is C15H20O. The van der Waals surface area contributed by atoms with E-state index in [0.29, 0.717) is 5.92 Å². The van der Waals surface area contributed by atoms with Crippen LogP contribution in [0.5, 0.6) is 0 Å². The zero-order chi connectivity index (χ0) is 11.6. The second-order valence-electron chi connectivity index (χ2n) is 4.91. The smallest absolute Gasteiger partial charge is 0.0775 e. The molecule has 1 heteroatoms. The molecule has 16 heavy (non-hydrogen) atoms. The lowest BCUT2D eigenvalue weighted by Crippen LogP contribution is -2.37. The Bertz CT molecular complexity index is 357. The largest absolute Gasteiger partial charge is 0.389 e. The van der Waals surface area contributed by atoms with Crippen LogP contribution < -0.4 is 0 Å². The van der Waals surface area contributed by atoms with Gasteiger partial charge in [0.15, 0.2) is 0 Å². The highest BCUT2D eigenvalue weighted by Gasteiger charge is 2.43. The van der Waals surface area contributed by atoms with Gasteiger partial charge in [-0.15, -0.1) is 6.58 Å². The SMILES string of the molecule is C=C[C@@H](c1ccccc1)[C@]1(O)CCC[C@H]1C. The third kappa shape index (κ3) is 1.80. The van der Waals surface area contributed by atoms with Gasteiger partial charge in [-0.05, 0) is 24.3 Å². The van der Waals surface area contributed by atoms with Gasteiger partial charge in [0.25, 0.3) is 0 Å². The van der Waals surface area contributed by atoms with E-state index in [4.69, 9.17) is 0 Å². The average molecular weight is 216 g/mol. The highest BCUT2D eigenvalue weighted by molar-refractivity contribution is 5.28. The van der Waals surface area contributed by atoms with Gasteiger partial charge in [-0.2, -0.15) is 0 Å². The second kappa shape index (κ2) is 4.42. The zero-order valence-electron chi connectivity index (χ0n) is 9.89. The minimum Gasteiger partial charge on any atom is -0.389 e. The standard InChI is InChI=1S/C15H20O/c1-3-14(13-9-5-4-6-10-13)15(16)11-7-8-12(15)2/h3-6,9-10,12,14,16H,1,7-8,11H2,2H3/t12-,14+,15+/m1/s1. The Morgan fingerprint density at radius 2 is 2.12 bits per heavy atom. The van der Waals surface area contributed by atoms with Crippen molar-refractivity contribution in [3.63, 3.8) is 0 Å². The maximum atomic E-state index is 10.8. The molecule has 1 aromatic carbocycles. The van der Waals surface area contributed by atoms with E-state index in [9.17, 15) is 5.11 Å². The number of rotatable bonds is 3. The third-order valence-corrected chi connectivity index (χ3v) is 4.00. The molecule has 86 valence electrons. The minimum atomic E-state index is -0.594. The summed E-state index contributed by atoms with van der Waals surface area (Å²) in [6, 6.07) is 10.2. The molecule has 1 saturated carbocycles. The van der Waals surface area contributed by atoms with E-state index in [2.05, 4.69) is 25.6 Å². The van der Waals surface area contributed by atoms with Crippen LogP contribution >= 0.6 is 0 Å². The molecule has 2 rings (SSSR count). The fourth-order valence-corrected chi connectivity index (χ4v) is 2.94. The van der Waals surface area contributed by atoms with Crippen molar-refractivity contribution in [2.45, 2.75) is 37.7 Å². The summed E-state index contributed by atoms with van der Waals surface area (Å²) < 4.78 is 0. The van der Waals surface area contributed by atoms with Gasteiger partial charge in [-0.1, -0.05) is 49.8 Å². The molecule has 0 spiro atoms. The van der Waals surface area contributed by atoms with Gasteiger partial charge in [0.2, 0.25) is 0 Å². The first-order valence-electron chi connectivity index (χ1n) is 6.08. The van der Waals surface area contributed by atoms with Crippen LogP contribution in [-0.2, 0) is 0 Å². The lowest BCUT2D eigenvalue weighted by Gasteiger charge is -2.35. The van der Waals surface area contributed by atoms with Crippen LogP contribution in [0, 0.1) is 5.92 Å². The molecule has 1 N–H and O–H groups in total. The molecule has 1 aliphatic rings. The normalized spacial score (nSPS) is 31.2. The molecule has 3 atom stereocenters. The van der Waals surface area contributed by atoms with E-state index in [0.717, 1.165) is 19.3 Å². The lowest BCUT2D eigenvalue weighted by atomic mass is 9.76. The summed E-state index contributed by atoms with van der Waals surface area (Å²) in [5, 5.41) is 10.8. The maximum Gasteiger partial charge on any atom is 0.0775 e. The van der Waals surface area contributed by atoms with Crippen molar-refractivity contribution >= 4 is 0 Å². The first kappa shape index (κ1) is 11.4. The van der Waals surface area contributed by atoms with Crippen LogP contribution in [0.1, 0.15) is 37.7 Å². The van der Waals surface area contributed by atoms with Crippen LogP contribution in [0.15, 0.2) is 43.0 Å². The number of aliphatic hydroxyl groups is 1. The number of hydrogen-bond acceptors (Lipinski definition) is 1. The molecule has 1 aromatic rings. The monoisotopic (exact) mass is 216 g/mol. The number of benzene rings is 1. The Kier molecular flexibility index (Phi) is 3.15. The summed E-state index contributed by atoms with van der Waals surface area (Å²) in [7, 11) is 0. The summed E-state index contributed by atoms with van der Waals surface area (Å²) in [5.74, 6) is 0.418. The lowest BCUT2D eigenvalue weighted by molar-refractivity contribution is -0.00450. The molecule has 0 bridgehead atoms. The Hall–Kier alpha value is -1.08. The molecule has 0 aliphatic heterocycles. The van der Waals surface area contributed by atoms with E-state index < -0.39 is 5.60 Å². The van der Waals surface area contributed by atoms with Crippen molar-refractivity contribution < 1.29 is 5.11 Å². The quantitative estimate of drug-likeness (QED) is 0.767. The van der Waals surface area contributed by atoms with Crippen molar-refractivity contribution in [3.8, 4) is 0 Å². The first-order valence-corrected chi connectivity index (χ1v) is 6.08. The highest BCUT2D eigenvalue weighted by Crippen LogP contribution is 2.45. The Morgan fingerprint density at radius 1 is 1.44 bits per heavy atom. The van der Waals surface area contributed by atoms with E-state index in [1.54, 1.807) is 0 Å². The Morgan fingerprint density at radius 3 is 2.62 bits per heavy atom. The van der Waals surface area contributed by atoms with Crippen molar-refractivity contribution in [1.29, 1.82) is 0 Å². The molecule has 0 unspecified atom stereocenters. The van der Waals surface area contributed by atoms with Gasteiger partial charge in [0.1, 0.15) is 0 Å². The summed E-state index contributed by atoms with van der Waals surface area (Å²) in [6.07, 6.45) is 5.03. The van der Waals surface area contributed by atoms with E-state index >= 15 is 0 Å². The van der Waals surface area contributed by atoms with Crippen LogP contribution in [0.2, 0.25) is 0 Å². The van der Waals surface area contributed by atoms with E-state index in [-0.39, 0.29) is 5.92 Å². The zero-order valence-corrected chi connectivity index (χ0v) is 9.89. The van der Waals surface area contributed by atoms with Crippen LogP contribution in [-0.4, -0.2) is 10.7 Å². The van der Waals surface area contributed by atoms with Crippen molar-refractivity contribution in [2.75, 3.05) is 0 Å². The van der Waals surface area contributed by atoms with Crippen LogP contribution in [0.3, 0.4) is 0 Å². The van der Waals surface area contributed by atoms with Crippen LogP contribution in [0.25, 0.3) is 0 Å². The van der Waals surface area contributed by atoms with Gasteiger partial charge in [0, 0.05) is 5.92 Å². The maximum absolute atomic E-state index is 10.8. The molecule has 0 heterocycles. The summed E-state index contributed by atoms with van der Waals surface area (Å²) in [5.41, 5.74) is 0.581. The minimum absolute atomic E-state index is 0.0613. The molecule has 1 aliphatic carbocycles. The fourth-order valence-electron chi connectivity index (χ4n) is 2.94. The van der Waals surface area contributed by atoms with Crippen molar-refractivity contribution in [2.24, 2.45) is 5.92 Å². The highest BCUT2D eigenvalue weighted by atomic mass is 16.3. The Labute approximate surface area is 97.8 Å². The molecular weight excluding hydrogens is 196 g/mol.